The van der Waals surface area contributed by atoms with Crippen molar-refractivity contribution in [2.75, 3.05) is 24.1 Å². The number of benzene rings is 2. The fourth-order valence-corrected chi connectivity index (χ4v) is 5.76. The maximum absolute atomic E-state index is 13.2. The molecule has 7 heteroatoms. The first kappa shape index (κ1) is 23.9. The number of fused-ring (bicyclic) bond motifs is 1. The number of nitrogens with one attached hydrogen (secondary N) is 1. The number of rotatable bonds is 6. The Morgan fingerprint density at radius 3 is 2.35 bits per heavy atom. The summed E-state index contributed by atoms with van der Waals surface area (Å²) >= 11 is 0. The molecule has 194 valence electrons. The summed E-state index contributed by atoms with van der Waals surface area (Å²) in [4.78, 5) is 27.5. The Morgan fingerprint density at radius 2 is 1.70 bits per heavy atom. The molecular weight excluding hydrogens is 464 g/mol. The second-order valence-corrected chi connectivity index (χ2v) is 11.0. The number of likely N-dealkylation sites (tertiary alicyclic amines) is 1. The summed E-state index contributed by atoms with van der Waals surface area (Å²) in [5.41, 5.74) is 11.9. The number of amides is 2. The van der Waals surface area contributed by atoms with Crippen LogP contribution in [0.2, 0.25) is 0 Å². The van der Waals surface area contributed by atoms with E-state index in [1.54, 1.807) is 0 Å². The van der Waals surface area contributed by atoms with Crippen molar-refractivity contribution >= 4 is 34.3 Å². The van der Waals surface area contributed by atoms with Crippen LogP contribution in [-0.2, 0) is 4.74 Å². The highest BCUT2D eigenvalue weighted by atomic mass is 16.6. The topological polar surface area (TPSA) is 89.6 Å². The lowest BCUT2D eigenvalue weighted by Crippen LogP contribution is -2.35. The van der Waals surface area contributed by atoms with Crippen molar-refractivity contribution in [1.29, 1.82) is 0 Å². The first-order valence-electron chi connectivity index (χ1n) is 13.8. The fraction of sp³-hybridized carbons (Fsp3) is 0.467. The Hall–Kier alpha value is -3.48. The Bertz CT molecular complexity index is 1310. The number of carbonyl (C=O) groups excluding carboxylic acids is 2. The van der Waals surface area contributed by atoms with E-state index in [0.29, 0.717) is 17.6 Å². The lowest BCUT2D eigenvalue weighted by atomic mass is 9.92. The van der Waals surface area contributed by atoms with Gasteiger partial charge in [0.1, 0.15) is 6.10 Å². The van der Waals surface area contributed by atoms with Crippen molar-refractivity contribution < 1.29 is 14.3 Å². The van der Waals surface area contributed by atoms with Crippen molar-refractivity contribution in [3.8, 4) is 11.3 Å². The highest BCUT2D eigenvalue weighted by molar-refractivity contribution is 6.05. The minimum atomic E-state index is -0.416. The zero-order valence-corrected chi connectivity index (χ0v) is 21.5. The van der Waals surface area contributed by atoms with E-state index >= 15 is 0 Å². The van der Waals surface area contributed by atoms with Crippen LogP contribution in [0.15, 0.2) is 42.5 Å². The standard InChI is InChI=1S/C30H36N4O3/c1-19(20-8-9-20)37-30(36)32-23-13-10-21(11-14-23)28-27(31)25-15-12-22(29(35)33-16-3-2-4-17-33)18-26(25)34(28)24-6-5-7-24/h10-15,18-20,24H,2-9,16-17,31H2,1H3,(H,32,36)/t19-/m1/s1. The van der Waals surface area contributed by atoms with Gasteiger partial charge in [-0.3, -0.25) is 10.1 Å². The molecule has 6 rings (SSSR count). The number of anilines is 2. The summed E-state index contributed by atoms with van der Waals surface area (Å²) in [5, 5.41) is 3.83. The summed E-state index contributed by atoms with van der Waals surface area (Å²) in [6, 6.07) is 14.1. The first-order chi connectivity index (χ1) is 18.0. The maximum atomic E-state index is 13.2. The first-order valence-corrected chi connectivity index (χ1v) is 13.8. The van der Waals surface area contributed by atoms with Crippen LogP contribution in [0.25, 0.3) is 22.2 Å². The zero-order valence-electron chi connectivity index (χ0n) is 21.5. The molecule has 2 heterocycles. The van der Waals surface area contributed by atoms with Crippen LogP contribution in [0, 0.1) is 5.92 Å². The fourth-order valence-electron chi connectivity index (χ4n) is 5.76. The molecule has 2 aliphatic carbocycles. The highest BCUT2D eigenvalue weighted by Gasteiger charge is 2.31. The molecule has 2 aromatic carbocycles. The smallest absolute Gasteiger partial charge is 0.411 e. The minimum absolute atomic E-state index is 0.0519. The van der Waals surface area contributed by atoms with Crippen molar-refractivity contribution in [3.63, 3.8) is 0 Å². The van der Waals surface area contributed by atoms with Gasteiger partial charge in [-0.2, -0.15) is 0 Å². The number of aromatic nitrogens is 1. The number of nitrogens with zero attached hydrogens (tertiary/aromatic N) is 2. The SMILES string of the molecule is C[C@@H](OC(=O)Nc1ccc(-c2c(N)c3ccc(C(=O)N4CCCCC4)cc3n2C2CCC2)cc1)C1CC1. The van der Waals surface area contributed by atoms with Crippen molar-refractivity contribution in [3.05, 3.63) is 48.0 Å². The molecule has 1 atom stereocenters. The highest BCUT2D eigenvalue weighted by Crippen LogP contribution is 2.44. The number of hydrogen-bond acceptors (Lipinski definition) is 4. The monoisotopic (exact) mass is 500 g/mol. The van der Waals surface area contributed by atoms with Crippen LogP contribution < -0.4 is 11.1 Å². The molecule has 37 heavy (non-hydrogen) atoms. The molecular formula is C30H36N4O3. The Labute approximate surface area is 217 Å². The summed E-state index contributed by atoms with van der Waals surface area (Å²) in [7, 11) is 0. The van der Waals surface area contributed by atoms with Gasteiger partial charge in [-0.1, -0.05) is 12.1 Å². The van der Waals surface area contributed by atoms with Crippen molar-refractivity contribution in [1.82, 2.24) is 9.47 Å². The van der Waals surface area contributed by atoms with Gasteiger partial charge in [-0.25, -0.2) is 4.79 Å². The van der Waals surface area contributed by atoms with Crippen molar-refractivity contribution in [2.45, 2.75) is 70.4 Å². The van der Waals surface area contributed by atoms with Gasteiger partial charge in [-0.05, 0) is 94.5 Å². The van der Waals surface area contributed by atoms with Crippen LogP contribution in [0.1, 0.15) is 74.7 Å². The normalized spacial score (nSPS) is 18.9. The molecule has 0 unspecified atom stereocenters. The van der Waals surface area contributed by atoms with Gasteiger partial charge in [0, 0.05) is 41.3 Å². The number of hydrogen-bond donors (Lipinski definition) is 2. The molecule has 0 spiro atoms. The molecule has 0 bridgehead atoms. The Morgan fingerprint density at radius 1 is 0.973 bits per heavy atom. The molecule has 1 aromatic heterocycles. The molecule has 3 N–H and O–H groups in total. The van der Waals surface area contributed by atoms with E-state index in [1.807, 2.05) is 54.3 Å². The third-order valence-corrected chi connectivity index (χ3v) is 8.36. The third-order valence-electron chi connectivity index (χ3n) is 8.36. The lowest BCUT2D eigenvalue weighted by Gasteiger charge is -2.30. The van der Waals surface area contributed by atoms with Crippen LogP contribution in [-0.4, -0.2) is 40.7 Å². The van der Waals surface area contributed by atoms with Gasteiger partial charge in [0.2, 0.25) is 0 Å². The molecule has 2 saturated carbocycles. The van der Waals surface area contributed by atoms with Crippen molar-refractivity contribution in [2.24, 2.45) is 5.92 Å². The maximum Gasteiger partial charge on any atom is 0.411 e. The van der Waals surface area contributed by atoms with E-state index in [-0.39, 0.29) is 12.0 Å². The van der Waals surface area contributed by atoms with E-state index in [1.165, 1.54) is 12.8 Å². The van der Waals surface area contributed by atoms with Gasteiger partial charge < -0.3 is 19.9 Å². The third kappa shape index (κ3) is 4.67. The van der Waals surface area contributed by atoms with E-state index in [9.17, 15) is 9.59 Å². The summed E-state index contributed by atoms with van der Waals surface area (Å²) in [6.07, 6.45) is 8.54. The lowest BCUT2D eigenvalue weighted by molar-refractivity contribution is 0.0724. The van der Waals surface area contributed by atoms with Crippen LogP contribution in [0.5, 0.6) is 0 Å². The average Bonchev–Trinajstić information content (AvgIpc) is 3.70. The second kappa shape index (κ2) is 9.77. The summed E-state index contributed by atoms with van der Waals surface area (Å²) in [5.74, 6) is 0.613. The van der Waals surface area contributed by atoms with Gasteiger partial charge >= 0.3 is 6.09 Å². The molecule has 3 aliphatic rings. The average molecular weight is 501 g/mol. The van der Waals surface area contributed by atoms with Gasteiger partial charge in [0.15, 0.2) is 0 Å². The molecule has 3 aromatic rings. The zero-order chi connectivity index (χ0) is 25.5. The van der Waals surface area contributed by atoms with Crippen LogP contribution in [0.4, 0.5) is 16.2 Å². The largest absolute Gasteiger partial charge is 0.446 e. The second-order valence-electron chi connectivity index (χ2n) is 11.0. The van der Waals surface area contributed by atoms with E-state index in [4.69, 9.17) is 10.5 Å². The molecule has 1 saturated heterocycles. The molecule has 1 aliphatic heterocycles. The predicted molar refractivity (Wildman–Crippen MR) is 147 cm³/mol. The molecule has 0 radical (unpaired) electrons. The number of nitrogens with two attached hydrogens (primary N) is 1. The molecule has 7 nitrogen and oxygen atoms in total. The Balaban J connectivity index is 1.30. The summed E-state index contributed by atoms with van der Waals surface area (Å²) in [6.45, 7) is 3.62. The quantitative estimate of drug-likeness (QED) is 0.400. The predicted octanol–water partition coefficient (Wildman–Crippen LogP) is 6.59. The van der Waals surface area contributed by atoms with Crippen LogP contribution >= 0.6 is 0 Å². The van der Waals surface area contributed by atoms with E-state index in [2.05, 4.69) is 9.88 Å². The molecule has 3 fully saturated rings. The van der Waals surface area contributed by atoms with E-state index < -0.39 is 6.09 Å². The number of piperidine rings is 1. The number of carbonyl (C=O) groups is 2. The van der Waals surface area contributed by atoms with Gasteiger partial charge in [0.25, 0.3) is 5.91 Å². The minimum Gasteiger partial charge on any atom is -0.446 e. The number of ether oxygens (including phenoxy) is 1. The van der Waals surface area contributed by atoms with Crippen LogP contribution in [0.3, 0.4) is 0 Å². The number of nitrogen functional groups attached to an aromatic ring is 1. The molecule has 2 amide bonds. The Kier molecular flexibility index (Phi) is 6.31. The van der Waals surface area contributed by atoms with E-state index in [0.717, 1.165) is 85.0 Å². The van der Waals surface area contributed by atoms with Gasteiger partial charge in [0.05, 0.1) is 16.9 Å². The van der Waals surface area contributed by atoms with Gasteiger partial charge in [-0.15, -0.1) is 0 Å². The summed E-state index contributed by atoms with van der Waals surface area (Å²) < 4.78 is 7.84.